The third-order valence-corrected chi connectivity index (χ3v) is 3.67. The molecule has 1 aromatic heterocycles. The van der Waals surface area contributed by atoms with Gasteiger partial charge in [-0.1, -0.05) is 11.6 Å². The fraction of sp³-hybridized carbons (Fsp3) is 0.231. The number of halogens is 2. The number of hydrogen-bond donors (Lipinski definition) is 1. The Morgan fingerprint density at radius 3 is 2.85 bits per heavy atom. The standard InChI is InChI=1S/C13H13ClIN3O2/c1-3-20-13(19)11-12(16)18(7(2)17-11)10-5-4-8(15)6-9(10)14/h4-6H,3,16H2,1-2H3. The highest BCUT2D eigenvalue weighted by atomic mass is 127. The number of carbonyl (C=O) groups excluding carboxylic acids is 1. The fourth-order valence-corrected chi connectivity index (χ4v) is 2.81. The third kappa shape index (κ3) is 2.76. The molecule has 106 valence electrons. The second-order valence-electron chi connectivity index (χ2n) is 4.04. The Labute approximate surface area is 135 Å². The van der Waals surface area contributed by atoms with E-state index in [9.17, 15) is 4.79 Å². The largest absolute Gasteiger partial charge is 0.461 e. The predicted octanol–water partition coefficient (Wildman–Crippen LogP) is 3.20. The molecule has 1 heterocycles. The molecule has 0 fully saturated rings. The molecule has 2 rings (SSSR count). The van der Waals surface area contributed by atoms with Gasteiger partial charge in [0.05, 0.1) is 17.3 Å². The number of nitrogen functional groups attached to an aromatic ring is 1. The van der Waals surface area contributed by atoms with Crippen LogP contribution in [0.5, 0.6) is 0 Å². The first-order valence-corrected chi connectivity index (χ1v) is 7.38. The molecule has 5 nitrogen and oxygen atoms in total. The Kier molecular flexibility index (Phi) is 4.54. The van der Waals surface area contributed by atoms with Crippen LogP contribution in [0.25, 0.3) is 5.69 Å². The quantitative estimate of drug-likeness (QED) is 0.629. The zero-order valence-corrected chi connectivity index (χ0v) is 13.9. The lowest BCUT2D eigenvalue weighted by atomic mass is 10.3. The molecule has 0 aliphatic heterocycles. The summed E-state index contributed by atoms with van der Waals surface area (Å²) in [5, 5.41) is 0.541. The fourth-order valence-electron chi connectivity index (χ4n) is 1.87. The maximum Gasteiger partial charge on any atom is 0.360 e. The van der Waals surface area contributed by atoms with Gasteiger partial charge in [0.1, 0.15) is 11.6 Å². The van der Waals surface area contributed by atoms with Crippen LogP contribution in [0.15, 0.2) is 18.2 Å². The van der Waals surface area contributed by atoms with E-state index < -0.39 is 5.97 Å². The summed E-state index contributed by atoms with van der Waals surface area (Å²) in [4.78, 5) is 16.0. The number of carbonyl (C=O) groups is 1. The van der Waals surface area contributed by atoms with Crippen molar-refractivity contribution in [3.05, 3.63) is 38.3 Å². The second-order valence-corrected chi connectivity index (χ2v) is 5.70. The number of rotatable bonds is 3. The third-order valence-electron chi connectivity index (χ3n) is 2.70. The summed E-state index contributed by atoms with van der Waals surface area (Å²) in [7, 11) is 0. The van der Waals surface area contributed by atoms with E-state index in [0.29, 0.717) is 16.5 Å². The van der Waals surface area contributed by atoms with Gasteiger partial charge in [-0.05, 0) is 54.6 Å². The van der Waals surface area contributed by atoms with Gasteiger partial charge in [-0.3, -0.25) is 4.57 Å². The first kappa shape index (κ1) is 15.1. The van der Waals surface area contributed by atoms with Crippen LogP contribution in [0.3, 0.4) is 0 Å². The zero-order valence-electron chi connectivity index (χ0n) is 11.0. The molecule has 0 amide bonds. The van der Waals surface area contributed by atoms with Crippen molar-refractivity contribution in [2.45, 2.75) is 13.8 Å². The summed E-state index contributed by atoms with van der Waals surface area (Å²) < 4.78 is 7.59. The minimum atomic E-state index is -0.534. The molecule has 7 heteroatoms. The first-order valence-electron chi connectivity index (χ1n) is 5.93. The molecule has 2 aromatic rings. The number of imidazole rings is 1. The van der Waals surface area contributed by atoms with Crippen molar-refractivity contribution in [1.29, 1.82) is 0 Å². The van der Waals surface area contributed by atoms with Gasteiger partial charge in [-0.2, -0.15) is 0 Å². The van der Waals surface area contributed by atoms with Crippen molar-refractivity contribution < 1.29 is 9.53 Å². The van der Waals surface area contributed by atoms with Crippen LogP contribution in [0.2, 0.25) is 5.02 Å². The summed E-state index contributed by atoms with van der Waals surface area (Å²) >= 11 is 8.40. The van der Waals surface area contributed by atoms with E-state index in [-0.39, 0.29) is 18.1 Å². The average molecular weight is 406 g/mol. The molecule has 0 aliphatic rings. The Morgan fingerprint density at radius 2 is 2.25 bits per heavy atom. The smallest absolute Gasteiger partial charge is 0.360 e. The number of ether oxygens (including phenoxy) is 1. The Hall–Kier alpha value is -1.28. The first-order chi connectivity index (χ1) is 9.45. The van der Waals surface area contributed by atoms with Crippen LogP contribution >= 0.6 is 34.2 Å². The van der Waals surface area contributed by atoms with Crippen molar-refractivity contribution in [1.82, 2.24) is 9.55 Å². The zero-order chi connectivity index (χ0) is 14.9. The highest BCUT2D eigenvalue weighted by Gasteiger charge is 2.21. The number of esters is 1. The molecule has 2 N–H and O–H groups in total. The van der Waals surface area contributed by atoms with E-state index in [2.05, 4.69) is 27.6 Å². The van der Waals surface area contributed by atoms with Gasteiger partial charge in [0, 0.05) is 3.57 Å². The molecule has 0 radical (unpaired) electrons. The summed E-state index contributed by atoms with van der Waals surface area (Å²) in [6.07, 6.45) is 0. The lowest BCUT2D eigenvalue weighted by Gasteiger charge is -2.10. The summed E-state index contributed by atoms with van der Waals surface area (Å²) in [5.74, 6) is 0.270. The topological polar surface area (TPSA) is 70.1 Å². The number of nitrogens with two attached hydrogens (primary N) is 1. The van der Waals surface area contributed by atoms with Crippen LogP contribution in [-0.2, 0) is 4.74 Å². The van der Waals surface area contributed by atoms with Gasteiger partial charge in [0.25, 0.3) is 0 Å². The Morgan fingerprint density at radius 1 is 1.55 bits per heavy atom. The minimum Gasteiger partial charge on any atom is -0.461 e. The molecule has 20 heavy (non-hydrogen) atoms. The lowest BCUT2D eigenvalue weighted by Crippen LogP contribution is -2.09. The lowest BCUT2D eigenvalue weighted by molar-refractivity contribution is 0.0521. The van der Waals surface area contributed by atoms with E-state index in [0.717, 1.165) is 3.57 Å². The van der Waals surface area contributed by atoms with Crippen LogP contribution in [0, 0.1) is 10.5 Å². The molecule has 1 aromatic carbocycles. The van der Waals surface area contributed by atoms with Crippen LogP contribution < -0.4 is 5.73 Å². The Bertz CT molecular complexity index is 670. The highest BCUT2D eigenvalue weighted by Crippen LogP contribution is 2.28. The molecule has 0 saturated heterocycles. The van der Waals surface area contributed by atoms with E-state index in [1.807, 2.05) is 18.2 Å². The maximum absolute atomic E-state index is 11.8. The van der Waals surface area contributed by atoms with Gasteiger partial charge >= 0.3 is 5.97 Å². The molecule has 0 unspecified atom stereocenters. The van der Waals surface area contributed by atoms with E-state index in [1.54, 1.807) is 18.4 Å². The van der Waals surface area contributed by atoms with Crippen molar-refractivity contribution >= 4 is 46.0 Å². The molecular weight excluding hydrogens is 393 g/mol. The molecule has 0 spiro atoms. The van der Waals surface area contributed by atoms with Crippen molar-refractivity contribution in [2.75, 3.05) is 12.3 Å². The van der Waals surface area contributed by atoms with Crippen molar-refractivity contribution in [3.63, 3.8) is 0 Å². The maximum atomic E-state index is 11.8. The van der Waals surface area contributed by atoms with Gasteiger partial charge in [0.15, 0.2) is 5.69 Å². The van der Waals surface area contributed by atoms with Crippen molar-refractivity contribution in [3.8, 4) is 5.69 Å². The molecule has 0 aliphatic carbocycles. The second kappa shape index (κ2) is 6.01. The Balaban J connectivity index is 2.55. The number of hydrogen-bond acceptors (Lipinski definition) is 4. The monoisotopic (exact) mass is 405 g/mol. The summed E-state index contributed by atoms with van der Waals surface area (Å²) in [6, 6.07) is 5.56. The molecule has 0 atom stereocenters. The van der Waals surface area contributed by atoms with Gasteiger partial charge in [-0.25, -0.2) is 9.78 Å². The predicted molar refractivity (Wildman–Crippen MR) is 86.4 cm³/mol. The average Bonchev–Trinajstić information content (AvgIpc) is 2.66. The number of anilines is 1. The highest BCUT2D eigenvalue weighted by molar-refractivity contribution is 14.1. The summed E-state index contributed by atoms with van der Waals surface area (Å²) in [5.41, 5.74) is 6.81. The number of aryl methyl sites for hydroxylation is 1. The molecular formula is C13H13ClIN3O2. The number of benzene rings is 1. The summed E-state index contributed by atoms with van der Waals surface area (Å²) in [6.45, 7) is 3.76. The molecule has 0 saturated carbocycles. The van der Waals surface area contributed by atoms with Gasteiger partial charge in [0.2, 0.25) is 0 Å². The van der Waals surface area contributed by atoms with Gasteiger partial charge < -0.3 is 10.5 Å². The molecule has 0 bridgehead atoms. The normalized spacial score (nSPS) is 10.6. The van der Waals surface area contributed by atoms with Crippen LogP contribution in [0.1, 0.15) is 23.2 Å². The minimum absolute atomic E-state index is 0.110. The number of aromatic nitrogens is 2. The SMILES string of the molecule is CCOC(=O)c1nc(C)n(-c2ccc(I)cc2Cl)c1N. The van der Waals surface area contributed by atoms with Crippen LogP contribution in [-0.4, -0.2) is 22.1 Å². The van der Waals surface area contributed by atoms with E-state index in [1.165, 1.54) is 0 Å². The van der Waals surface area contributed by atoms with E-state index in [4.69, 9.17) is 22.1 Å². The van der Waals surface area contributed by atoms with Crippen molar-refractivity contribution in [2.24, 2.45) is 0 Å². The number of nitrogens with zero attached hydrogens (tertiary/aromatic N) is 2. The van der Waals surface area contributed by atoms with Crippen LogP contribution in [0.4, 0.5) is 5.82 Å². The van der Waals surface area contributed by atoms with E-state index >= 15 is 0 Å². The van der Waals surface area contributed by atoms with Gasteiger partial charge in [-0.15, -0.1) is 0 Å².